The number of nitrogens with one attached hydrogen (secondary N) is 1. The first-order valence-corrected chi connectivity index (χ1v) is 7.96. The van der Waals surface area contributed by atoms with E-state index in [4.69, 9.17) is 10.8 Å². The van der Waals surface area contributed by atoms with E-state index in [2.05, 4.69) is 15.3 Å². The summed E-state index contributed by atoms with van der Waals surface area (Å²) in [6.07, 6.45) is 1.15. The van der Waals surface area contributed by atoms with Gasteiger partial charge in [-0.15, -0.1) is 22.7 Å². The molecule has 21 heavy (non-hydrogen) atoms. The number of carbonyl (C=O) groups excluding carboxylic acids is 1. The summed E-state index contributed by atoms with van der Waals surface area (Å²) in [7, 11) is 0. The number of carbonyl (C=O) groups is 2. The van der Waals surface area contributed by atoms with Gasteiger partial charge in [-0.25, -0.2) is 14.8 Å². The largest absolute Gasteiger partial charge is 0.476 e. The molecule has 2 aromatic heterocycles. The lowest BCUT2D eigenvalue weighted by Gasteiger charge is -2.00. The molecule has 0 saturated heterocycles. The van der Waals surface area contributed by atoms with Gasteiger partial charge in [0.05, 0.1) is 10.0 Å². The highest BCUT2D eigenvalue weighted by Gasteiger charge is 2.11. The molecule has 9 heteroatoms. The van der Waals surface area contributed by atoms with E-state index in [1.165, 1.54) is 28.1 Å². The normalized spacial score (nSPS) is 10.5. The minimum absolute atomic E-state index is 0.0345. The van der Waals surface area contributed by atoms with Crippen LogP contribution in [0.1, 0.15) is 31.0 Å². The minimum Gasteiger partial charge on any atom is -0.476 e. The zero-order valence-corrected chi connectivity index (χ0v) is 12.7. The molecule has 2 heterocycles. The Morgan fingerprint density at radius 2 is 1.76 bits per heavy atom. The Balaban J connectivity index is 1.81. The molecule has 4 N–H and O–H groups in total. The summed E-state index contributed by atoms with van der Waals surface area (Å²) in [5.41, 5.74) is 5.85. The summed E-state index contributed by atoms with van der Waals surface area (Å²) in [6.45, 7) is 0.889. The molecule has 0 aliphatic rings. The van der Waals surface area contributed by atoms with Gasteiger partial charge in [0.15, 0.2) is 5.69 Å². The van der Waals surface area contributed by atoms with Gasteiger partial charge in [0.2, 0.25) is 0 Å². The third kappa shape index (κ3) is 4.31. The van der Waals surface area contributed by atoms with Crippen molar-refractivity contribution in [1.82, 2.24) is 15.3 Å². The van der Waals surface area contributed by atoms with Crippen LogP contribution >= 0.6 is 22.7 Å². The molecular weight excluding hydrogens is 312 g/mol. The fourth-order valence-electron chi connectivity index (χ4n) is 1.55. The van der Waals surface area contributed by atoms with Crippen molar-refractivity contribution in [2.75, 3.05) is 13.1 Å². The van der Waals surface area contributed by atoms with E-state index in [9.17, 15) is 9.59 Å². The average molecular weight is 326 g/mol. The molecule has 2 aromatic rings. The lowest BCUT2D eigenvalue weighted by Crippen LogP contribution is -2.26. The number of aromatic nitrogens is 2. The maximum absolute atomic E-state index is 11.9. The third-order valence-electron chi connectivity index (χ3n) is 2.54. The fraction of sp³-hybridized carbons (Fsp3) is 0.333. The van der Waals surface area contributed by atoms with Crippen molar-refractivity contribution in [1.29, 1.82) is 0 Å². The lowest BCUT2D eigenvalue weighted by atomic mass is 10.4. The van der Waals surface area contributed by atoms with Gasteiger partial charge in [-0.2, -0.15) is 0 Å². The average Bonchev–Trinajstić information content (AvgIpc) is 3.08. The van der Waals surface area contributed by atoms with Crippen LogP contribution in [0, 0.1) is 0 Å². The zero-order valence-electron chi connectivity index (χ0n) is 11.0. The van der Waals surface area contributed by atoms with Gasteiger partial charge in [0.1, 0.15) is 5.69 Å². The van der Waals surface area contributed by atoms with E-state index in [0.717, 1.165) is 5.01 Å². The second-order valence-electron chi connectivity index (χ2n) is 4.10. The predicted octanol–water partition coefficient (Wildman–Crippen LogP) is 0.772. The van der Waals surface area contributed by atoms with Crippen molar-refractivity contribution in [3.05, 3.63) is 32.2 Å². The summed E-state index contributed by atoms with van der Waals surface area (Å²) >= 11 is 2.68. The van der Waals surface area contributed by atoms with Crippen LogP contribution in [0.5, 0.6) is 0 Å². The first-order valence-electron chi connectivity index (χ1n) is 6.20. The van der Waals surface area contributed by atoms with E-state index < -0.39 is 5.97 Å². The smallest absolute Gasteiger partial charge is 0.355 e. The van der Waals surface area contributed by atoms with Gasteiger partial charge < -0.3 is 16.2 Å². The van der Waals surface area contributed by atoms with Crippen molar-refractivity contribution in [3.8, 4) is 0 Å². The van der Waals surface area contributed by atoms with Crippen LogP contribution in [0.15, 0.2) is 10.8 Å². The van der Waals surface area contributed by atoms with Crippen LogP contribution in [-0.4, -0.2) is 40.0 Å². The van der Waals surface area contributed by atoms with Crippen LogP contribution in [0.3, 0.4) is 0 Å². The Labute approximate surface area is 128 Å². The SMILES string of the molecule is NCCc1nc(C(=O)NCCc2nc(C(=O)O)cs2)cs1. The molecule has 2 rings (SSSR count). The Hall–Kier alpha value is -1.84. The number of hydrogen-bond donors (Lipinski definition) is 3. The Morgan fingerprint density at radius 1 is 1.14 bits per heavy atom. The van der Waals surface area contributed by atoms with Crippen molar-refractivity contribution < 1.29 is 14.7 Å². The van der Waals surface area contributed by atoms with Gasteiger partial charge in [-0.05, 0) is 6.54 Å². The Bertz CT molecular complexity index is 638. The number of hydrogen-bond acceptors (Lipinski definition) is 7. The lowest BCUT2D eigenvalue weighted by molar-refractivity contribution is 0.0690. The highest BCUT2D eigenvalue weighted by Crippen LogP contribution is 2.11. The van der Waals surface area contributed by atoms with Gasteiger partial charge in [0.25, 0.3) is 5.91 Å². The molecule has 0 radical (unpaired) electrons. The predicted molar refractivity (Wildman–Crippen MR) is 80.0 cm³/mol. The molecule has 0 spiro atoms. The number of carboxylic acids is 1. The molecule has 0 saturated carbocycles. The summed E-state index contributed by atoms with van der Waals surface area (Å²) in [5.74, 6) is -1.29. The molecule has 0 bridgehead atoms. The van der Waals surface area contributed by atoms with E-state index in [-0.39, 0.29) is 11.6 Å². The molecule has 0 aliphatic carbocycles. The maximum Gasteiger partial charge on any atom is 0.355 e. The second kappa shape index (κ2) is 7.25. The second-order valence-corrected chi connectivity index (χ2v) is 5.99. The number of aromatic carboxylic acids is 1. The summed E-state index contributed by atoms with van der Waals surface area (Å²) < 4.78 is 0. The van der Waals surface area contributed by atoms with Crippen molar-refractivity contribution in [2.45, 2.75) is 12.8 Å². The Morgan fingerprint density at radius 3 is 2.38 bits per heavy atom. The quantitative estimate of drug-likeness (QED) is 0.691. The number of amides is 1. The topological polar surface area (TPSA) is 118 Å². The molecule has 7 nitrogen and oxygen atoms in total. The number of thiazole rings is 2. The van der Waals surface area contributed by atoms with E-state index in [1.807, 2.05) is 0 Å². The molecule has 0 aliphatic heterocycles. The maximum atomic E-state index is 11.9. The van der Waals surface area contributed by atoms with E-state index in [0.29, 0.717) is 36.6 Å². The van der Waals surface area contributed by atoms with Crippen LogP contribution in [0.4, 0.5) is 0 Å². The fourth-order valence-corrected chi connectivity index (χ4v) is 3.12. The zero-order chi connectivity index (χ0) is 15.2. The summed E-state index contributed by atoms with van der Waals surface area (Å²) in [4.78, 5) is 30.7. The first kappa shape index (κ1) is 15.5. The summed E-state index contributed by atoms with van der Waals surface area (Å²) in [5, 5.41) is 16.2. The van der Waals surface area contributed by atoms with E-state index >= 15 is 0 Å². The molecule has 0 atom stereocenters. The number of rotatable bonds is 7. The first-order chi connectivity index (χ1) is 10.1. The molecular formula is C12H14N4O3S2. The summed E-state index contributed by atoms with van der Waals surface area (Å²) in [6, 6.07) is 0. The highest BCUT2D eigenvalue weighted by molar-refractivity contribution is 7.10. The van der Waals surface area contributed by atoms with Crippen LogP contribution in [0.25, 0.3) is 0 Å². The Kier molecular flexibility index (Phi) is 5.37. The molecule has 0 aromatic carbocycles. The molecule has 112 valence electrons. The molecule has 0 unspecified atom stereocenters. The van der Waals surface area contributed by atoms with Crippen LogP contribution in [-0.2, 0) is 12.8 Å². The van der Waals surface area contributed by atoms with Gasteiger partial charge in [-0.1, -0.05) is 0 Å². The number of nitrogens with zero attached hydrogens (tertiary/aromatic N) is 2. The van der Waals surface area contributed by atoms with Gasteiger partial charge in [0, 0.05) is 30.1 Å². The van der Waals surface area contributed by atoms with Crippen molar-refractivity contribution >= 4 is 34.6 Å². The third-order valence-corrected chi connectivity index (χ3v) is 4.36. The number of carboxylic acid groups (broad SMARTS) is 1. The van der Waals surface area contributed by atoms with Crippen molar-refractivity contribution in [2.24, 2.45) is 5.73 Å². The van der Waals surface area contributed by atoms with Crippen LogP contribution < -0.4 is 11.1 Å². The van der Waals surface area contributed by atoms with Crippen LogP contribution in [0.2, 0.25) is 0 Å². The minimum atomic E-state index is -1.04. The van der Waals surface area contributed by atoms with E-state index in [1.54, 1.807) is 5.38 Å². The number of nitrogens with two attached hydrogens (primary N) is 1. The molecule has 0 fully saturated rings. The van der Waals surface area contributed by atoms with Gasteiger partial charge in [-0.3, -0.25) is 4.79 Å². The monoisotopic (exact) mass is 326 g/mol. The van der Waals surface area contributed by atoms with Gasteiger partial charge >= 0.3 is 5.97 Å². The van der Waals surface area contributed by atoms with Crippen molar-refractivity contribution in [3.63, 3.8) is 0 Å². The standard InChI is InChI=1S/C12H14N4O3S2/c13-3-1-9-15-7(5-20-9)11(17)14-4-2-10-16-8(6-21-10)12(18)19/h5-6H,1-4,13H2,(H,14,17)(H,18,19). The highest BCUT2D eigenvalue weighted by atomic mass is 32.1. The molecule has 1 amide bonds.